The third-order valence-electron chi connectivity index (χ3n) is 6.24. The molecule has 1 fully saturated rings. The van der Waals surface area contributed by atoms with Gasteiger partial charge in [0.05, 0.1) is 18.3 Å². The van der Waals surface area contributed by atoms with Gasteiger partial charge in [0.2, 0.25) is 0 Å². The van der Waals surface area contributed by atoms with Gasteiger partial charge in [0.15, 0.2) is 0 Å². The van der Waals surface area contributed by atoms with E-state index in [-0.39, 0.29) is 25.1 Å². The Labute approximate surface area is 214 Å². The number of likely N-dealkylation sites (N-methyl/N-ethyl adjacent to an activating group) is 1. The molecule has 0 saturated carbocycles. The molecule has 0 radical (unpaired) electrons. The van der Waals surface area contributed by atoms with Gasteiger partial charge in [-0.15, -0.1) is 0 Å². The van der Waals surface area contributed by atoms with Crippen molar-refractivity contribution in [2.45, 2.75) is 25.0 Å². The molecule has 0 unspecified atom stereocenters. The van der Waals surface area contributed by atoms with E-state index in [1.807, 2.05) is 0 Å². The second-order valence-corrected chi connectivity index (χ2v) is 9.03. The van der Waals surface area contributed by atoms with Crippen molar-refractivity contribution in [1.82, 2.24) is 15.5 Å². The molecule has 0 spiro atoms. The topological polar surface area (TPSA) is 111 Å². The van der Waals surface area contributed by atoms with E-state index in [4.69, 9.17) is 4.74 Å². The van der Waals surface area contributed by atoms with Crippen molar-refractivity contribution >= 4 is 23.4 Å². The molecule has 3 amide bonds. The van der Waals surface area contributed by atoms with Crippen LogP contribution < -0.4 is 20.3 Å². The van der Waals surface area contributed by atoms with Crippen LogP contribution >= 0.6 is 0 Å². The molecular formula is C27H29FN4O5. The second-order valence-electron chi connectivity index (χ2n) is 9.03. The third-order valence-corrected chi connectivity index (χ3v) is 6.24. The van der Waals surface area contributed by atoms with Crippen LogP contribution in [-0.4, -0.2) is 79.7 Å². The first kappa shape index (κ1) is 26.1. The van der Waals surface area contributed by atoms with Gasteiger partial charge in [0.1, 0.15) is 24.2 Å². The zero-order valence-corrected chi connectivity index (χ0v) is 20.5. The van der Waals surface area contributed by atoms with Gasteiger partial charge in [-0.1, -0.05) is 24.0 Å². The summed E-state index contributed by atoms with van der Waals surface area (Å²) in [4.78, 5) is 41.1. The molecule has 0 aliphatic carbocycles. The van der Waals surface area contributed by atoms with E-state index in [0.29, 0.717) is 42.1 Å². The van der Waals surface area contributed by atoms with E-state index in [2.05, 4.69) is 27.4 Å². The lowest BCUT2D eigenvalue weighted by Gasteiger charge is -2.20. The lowest BCUT2D eigenvalue weighted by atomic mass is 10.1. The highest BCUT2D eigenvalue weighted by molar-refractivity contribution is 6.35. The Morgan fingerprint density at radius 3 is 2.81 bits per heavy atom. The van der Waals surface area contributed by atoms with Crippen molar-refractivity contribution in [2.24, 2.45) is 0 Å². The molecule has 0 aromatic heterocycles. The van der Waals surface area contributed by atoms with Gasteiger partial charge in [-0.3, -0.25) is 19.3 Å². The van der Waals surface area contributed by atoms with Crippen molar-refractivity contribution in [1.29, 1.82) is 0 Å². The van der Waals surface area contributed by atoms with Gasteiger partial charge in [0, 0.05) is 32.2 Å². The Balaban J connectivity index is 1.32. The minimum absolute atomic E-state index is 0.137. The molecule has 2 aromatic carbocycles. The van der Waals surface area contributed by atoms with Crippen molar-refractivity contribution < 1.29 is 28.6 Å². The number of benzene rings is 2. The molecule has 3 N–H and O–H groups in total. The number of nitrogens with one attached hydrogen (secondary N) is 2. The molecule has 9 nitrogen and oxygen atoms in total. The molecule has 2 aromatic rings. The van der Waals surface area contributed by atoms with E-state index in [1.165, 1.54) is 17.0 Å². The highest BCUT2D eigenvalue weighted by atomic mass is 19.1. The van der Waals surface area contributed by atoms with Gasteiger partial charge in [0.25, 0.3) is 5.91 Å². The van der Waals surface area contributed by atoms with Crippen LogP contribution in [0.2, 0.25) is 0 Å². The maximum Gasteiger partial charge on any atom is 0.310 e. The number of aliphatic hydroxyl groups is 1. The van der Waals surface area contributed by atoms with E-state index in [1.54, 1.807) is 37.4 Å². The average molecular weight is 509 g/mol. The Kier molecular flexibility index (Phi) is 8.38. The number of amides is 3. The van der Waals surface area contributed by atoms with Crippen LogP contribution in [0.25, 0.3) is 0 Å². The summed E-state index contributed by atoms with van der Waals surface area (Å²) in [5, 5.41) is 14.5. The fourth-order valence-corrected chi connectivity index (χ4v) is 4.21. The normalized spacial score (nSPS) is 19.2. The Morgan fingerprint density at radius 2 is 2.05 bits per heavy atom. The van der Waals surface area contributed by atoms with Gasteiger partial charge in [-0.2, -0.15) is 0 Å². The second kappa shape index (κ2) is 11.9. The van der Waals surface area contributed by atoms with E-state index < -0.39 is 23.8 Å². The van der Waals surface area contributed by atoms with Gasteiger partial charge < -0.3 is 25.4 Å². The SMILES string of the molecule is CN1C(=O)[C@@H](NC(=O)C(=O)NCCc2cccc(F)c2)COc2ccc(C#CCN3CC[C@H](O)C3)cc21. The lowest BCUT2D eigenvalue weighted by molar-refractivity contribution is -0.140. The van der Waals surface area contributed by atoms with Crippen LogP contribution in [0.15, 0.2) is 42.5 Å². The Morgan fingerprint density at radius 1 is 1.22 bits per heavy atom. The fourth-order valence-electron chi connectivity index (χ4n) is 4.21. The average Bonchev–Trinajstić information content (AvgIpc) is 3.26. The quantitative estimate of drug-likeness (QED) is 0.400. The summed E-state index contributed by atoms with van der Waals surface area (Å²) in [6.07, 6.45) is 0.802. The summed E-state index contributed by atoms with van der Waals surface area (Å²) in [5.41, 5.74) is 1.89. The molecular weight excluding hydrogens is 479 g/mol. The first-order valence-corrected chi connectivity index (χ1v) is 12.1. The maximum atomic E-state index is 13.3. The monoisotopic (exact) mass is 508 g/mol. The number of ether oxygens (including phenoxy) is 1. The van der Waals surface area contributed by atoms with Crippen molar-refractivity contribution in [3.8, 4) is 17.6 Å². The van der Waals surface area contributed by atoms with Gasteiger partial charge in [-0.25, -0.2) is 4.39 Å². The summed E-state index contributed by atoms with van der Waals surface area (Å²) in [6.45, 7) is 1.96. The minimum Gasteiger partial charge on any atom is -0.489 e. The maximum absolute atomic E-state index is 13.3. The highest BCUT2D eigenvalue weighted by Crippen LogP contribution is 2.31. The number of β-amino-alcohol motifs (C(OH)–C–C–N with tert-alkyl or cyclic N) is 1. The van der Waals surface area contributed by atoms with Crippen LogP contribution in [0, 0.1) is 17.7 Å². The van der Waals surface area contributed by atoms with Crippen molar-refractivity contribution in [3.63, 3.8) is 0 Å². The molecule has 2 heterocycles. The largest absolute Gasteiger partial charge is 0.489 e. The summed E-state index contributed by atoms with van der Waals surface area (Å²) in [7, 11) is 1.57. The van der Waals surface area contributed by atoms with E-state index >= 15 is 0 Å². The highest BCUT2D eigenvalue weighted by Gasteiger charge is 2.32. The van der Waals surface area contributed by atoms with Crippen molar-refractivity contribution in [3.05, 3.63) is 59.4 Å². The number of carbonyl (C=O) groups is 3. The first-order chi connectivity index (χ1) is 17.8. The summed E-state index contributed by atoms with van der Waals surface area (Å²) >= 11 is 0. The van der Waals surface area contributed by atoms with Crippen LogP contribution in [0.4, 0.5) is 10.1 Å². The number of carbonyl (C=O) groups excluding carboxylic acids is 3. The number of hydrogen-bond donors (Lipinski definition) is 3. The smallest absolute Gasteiger partial charge is 0.310 e. The summed E-state index contributed by atoms with van der Waals surface area (Å²) in [6, 6.07) is 10.2. The van der Waals surface area contributed by atoms with E-state index in [0.717, 1.165) is 13.0 Å². The minimum atomic E-state index is -1.06. The zero-order valence-electron chi connectivity index (χ0n) is 20.5. The predicted octanol–water partition coefficient (Wildman–Crippen LogP) is 0.443. The standard InChI is InChI=1S/C27H29FN4O5/c1-31-23-15-18(5-3-12-32-13-10-21(33)16-32)7-8-24(23)37-17-22(27(31)36)30-26(35)25(34)29-11-9-19-4-2-6-20(28)14-19/h2,4,6-8,14-15,21-22,33H,9-13,16-17H2,1H3,(H,29,34)(H,30,35)/t21-,22-/m0/s1. The molecule has 1 saturated heterocycles. The van der Waals surface area contributed by atoms with Gasteiger partial charge in [-0.05, 0) is 48.7 Å². The van der Waals surface area contributed by atoms with Crippen LogP contribution in [0.5, 0.6) is 5.75 Å². The number of halogens is 1. The lowest BCUT2D eigenvalue weighted by Crippen LogP contribution is -2.53. The molecule has 2 aliphatic heterocycles. The molecule has 0 bridgehead atoms. The third kappa shape index (κ3) is 6.84. The number of fused-ring (bicyclic) bond motifs is 1. The Hall–Kier alpha value is -3.94. The van der Waals surface area contributed by atoms with Gasteiger partial charge >= 0.3 is 11.8 Å². The number of aliphatic hydroxyl groups excluding tert-OH is 1. The molecule has 37 heavy (non-hydrogen) atoms. The number of hydrogen-bond acceptors (Lipinski definition) is 6. The number of likely N-dealkylation sites (tertiary alicyclic amines) is 1. The van der Waals surface area contributed by atoms with E-state index in [9.17, 15) is 23.9 Å². The van der Waals surface area contributed by atoms with Crippen LogP contribution in [0.3, 0.4) is 0 Å². The fraction of sp³-hybridized carbons (Fsp3) is 0.370. The summed E-state index contributed by atoms with van der Waals surface area (Å²) in [5.74, 6) is 3.96. The molecule has 10 heteroatoms. The predicted molar refractivity (Wildman–Crippen MR) is 134 cm³/mol. The van der Waals surface area contributed by atoms with Crippen LogP contribution in [0.1, 0.15) is 17.5 Å². The Bertz CT molecular complexity index is 1240. The number of anilines is 1. The van der Waals surface area contributed by atoms with Crippen LogP contribution in [-0.2, 0) is 20.8 Å². The molecule has 194 valence electrons. The molecule has 4 rings (SSSR count). The zero-order chi connectivity index (χ0) is 26.4. The first-order valence-electron chi connectivity index (χ1n) is 12.1. The van der Waals surface area contributed by atoms with Crippen molar-refractivity contribution in [2.75, 3.05) is 44.7 Å². The number of nitrogens with zero attached hydrogens (tertiary/aromatic N) is 2. The summed E-state index contributed by atoms with van der Waals surface area (Å²) < 4.78 is 19.0. The number of rotatable bonds is 5. The molecule has 2 aliphatic rings. The molecule has 2 atom stereocenters.